The summed E-state index contributed by atoms with van der Waals surface area (Å²) in [5.74, 6) is 0.173. The number of amides is 1. The van der Waals surface area contributed by atoms with Crippen molar-refractivity contribution in [1.82, 2.24) is 9.80 Å². The second-order valence-electron chi connectivity index (χ2n) is 10.4. The zero-order valence-corrected chi connectivity index (χ0v) is 20.4. The van der Waals surface area contributed by atoms with Gasteiger partial charge in [0.2, 0.25) is 0 Å². The first kappa shape index (κ1) is 22.3. The van der Waals surface area contributed by atoms with Crippen molar-refractivity contribution in [2.45, 2.75) is 49.6 Å². The van der Waals surface area contributed by atoms with E-state index < -0.39 is 0 Å². The third-order valence-electron chi connectivity index (χ3n) is 8.84. The van der Waals surface area contributed by atoms with Crippen molar-refractivity contribution in [2.24, 2.45) is 0 Å². The molecule has 1 aromatic heterocycles. The molecule has 3 aromatic rings. The van der Waals surface area contributed by atoms with Crippen LogP contribution in [0.5, 0.6) is 0 Å². The van der Waals surface area contributed by atoms with Gasteiger partial charge in [0.15, 0.2) is 5.76 Å². The molecule has 0 N–H and O–H groups in total. The maximum atomic E-state index is 14.3. The molecule has 3 aliphatic rings. The van der Waals surface area contributed by atoms with E-state index in [0.717, 1.165) is 44.1 Å². The van der Waals surface area contributed by atoms with Crippen molar-refractivity contribution < 1.29 is 13.6 Å². The van der Waals surface area contributed by atoms with Gasteiger partial charge in [-0.05, 0) is 105 Å². The maximum Gasteiger partial charge on any atom is 0.290 e. The highest BCUT2D eigenvalue weighted by Gasteiger charge is 2.54. The molecule has 1 amide bonds. The second kappa shape index (κ2) is 8.20. The van der Waals surface area contributed by atoms with Crippen LogP contribution in [0.4, 0.5) is 4.39 Å². The van der Waals surface area contributed by atoms with Crippen molar-refractivity contribution in [3.05, 3.63) is 101 Å². The zero-order valence-electron chi connectivity index (χ0n) is 20.4. The van der Waals surface area contributed by atoms with E-state index in [1.54, 1.807) is 24.5 Å². The molecule has 0 bridgehead atoms. The molecule has 180 valence electrons. The lowest BCUT2D eigenvalue weighted by Gasteiger charge is -2.56. The Morgan fingerprint density at radius 3 is 2.51 bits per heavy atom. The lowest BCUT2D eigenvalue weighted by atomic mass is 9.63. The van der Waals surface area contributed by atoms with Gasteiger partial charge in [-0.15, -0.1) is 0 Å². The van der Waals surface area contributed by atoms with Crippen LogP contribution in [0.25, 0.3) is 5.57 Å². The first-order valence-electron chi connectivity index (χ1n) is 12.5. The molecule has 35 heavy (non-hydrogen) atoms. The van der Waals surface area contributed by atoms with Gasteiger partial charge in [0, 0.05) is 12.1 Å². The average Bonchev–Trinajstić information content (AvgIpc) is 3.53. The Bertz CT molecular complexity index is 1300. The third-order valence-corrected chi connectivity index (χ3v) is 8.84. The summed E-state index contributed by atoms with van der Waals surface area (Å²) in [7, 11) is 4.18. The Morgan fingerprint density at radius 1 is 1.00 bits per heavy atom. The highest BCUT2D eigenvalue weighted by molar-refractivity contribution is 5.94. The normalized spacial score (nSPS) is 25.8. The van der Waals surface area contributed by atoms with Gasteiger partial charge >= 0.3 is 0 Å². The van der Waals surface area contributed by atoms with Gasteiger partial charge in [0.1, 0.15) is 5.82 Å². The first-order valence-corrected chi connectivity index (χ1v) is 12.5. The summed E-state index contributed by atoms with van der Waals surface area (Å²) in [4.78, 5) is 18.1. The number of furan rings is 1. The molecule has 1 spiro atoms. The van der Waals surface area contributed by atoms with Crippen LogP contribution in [0.2, 0.25) is 0 Å². The molecule has 0 saturated heterocycles. The van der Waals surface area contributed by atoms with Gasteiger partial charge in [0.05, 0.1) is 11.8 Å². The lowest BCUT2D eigenvalue weighted by molar-refractivity contribution is 0.00555. The predicted octanol–water partition coefficient (Wildman–Crippen LogP) is 6.04. The maximum absolute atomic E-state index is 14.3. The fraction of sp³-hybridized carbons (Fsp3) is 0.367. The molecule has 4 nitrogen and oxygen atoms in total. The Labute approximate surface area is 206 Å². The van der Waals surface area contributed by atoms with Crippen molar-refractivity contribution in [1.29, 1.82) is 0 Å². The summed E-state index contributed by atoms with van der Waals surface area (Å²) in [5.41, 5.74) is 5.92. The molecule has 0 atom stereocenters. The van der Waals surface area contributed by atoms with E-state index in [1.165, 1.54) is 28.3 Å². The van der Waals surface area contributed by atoms with Crippen LogP contribution in [-0.4, -0.2) is 41.9 Å². The number of fused-ring (bicyclic) bond motifs is 3. The molecule has 1 saturated carbocycles. The number of hydrogen-bond donors (Lipinski definition) is 0. The van der Waals surface area contributed by atoms with Crippen molar-refractivity contribution in [2.75, 3.05) is 20.6 Å². The first-order chi connectivity index (χ1) is 16.9. The Hall–Kier alpha value is -3.18. The summed E-state index contributed by atoms with van der Waals surface area (Å²) in [6.45, 7) is 0.682. The van der Waals surface area contributed by atoms with Crippen molar-refractivity contribution in [3.8, 4) is 0 Å². The van der Waals surface area contributed by atoms with E-state index in [-0.39, 0.29) is 22.8 Å². The number of benzene rings is 2. The summed E-state index contributed by atoms with van der Waals surface area (Å²) < 4.78 is 19.8. The highest BCUT2D eigenvalue weighted by atomic mass is 19.1. The number of hydrogen-bond acceptors (Lipinski definition) is 3. The Morgan fingerprint density at radius 2 is 1.80 bits per heavy atom. The van der Waals surface area contributed by atoms with Crippen LogP contribution in [0, 0.1) is 5.82 Å². The van der Waals surface area contributed by atoms with Crippen molar-refractivity contribution >= 4 is 11.5 Å². The number of nitrogens with zero attached hydrogens (tertiary/aromatic N) is 2. The fourth-order valence-electron chi connectivity index (χ4n) is 7.01. The largest absolute Gasteiger partial charge is 0.459 e. The molecule has 5 heteroatoms. The average molecular weight is 471 g/mol. The van der Waals surface area contributed by atoms with Crippen LogP contribution in [0.15, 0.2) is 76.9 Å². The quantitative estimate of drug-likeness (QED) is 0.468. The number of carbonyl (C=O) groups is 1. The standard InChI is InChI=1S/C30H31FN2O2/c1-32(2)29(22-8-5-9-23(31)20-22)13-15-30(16-14-29)26-19-21-7-3-4-10-24(21)25(26)12-17-33(30)28(34)27-11-6-18-35-27/h3-11,18,20H,12-17,19H2,1-2H3. The number of rotatable bonds is 3. The summed E-state index contributed by atoms with van der Waals surface area (Å²) in [5, 5.41) is 0. The minimum Gasteiger partial charge on any atom is -0.459 e. The molecule has 2 aliphatic carbocycles. The fourth-order valence-corrected chi connectivity index (χ4v) is 7.01. The van der Waals surface area contributed by atoms with E-state index in [4.69, 9.17) is 4.42 Å². The molecule has 1 aliphatic heterocycles. The van der Waals surface area contributed by atoms with E-state index in [1.807, 2.05) is 12.1 Å². The molecular formula is C30H31FN2O2. The molecule has 0 unspecified atom stereocenters. The molecule has 0 radical (unpaired) electrons. The van der Waals surface area contributed by atoms with Crippen LogP contribution in [-0.2, 0) is 12.0 Å². The molecule has 2 heterocycles. The van der Waals surface area contributed by atoms with Gasteiger partial charge < -0.3 is 9.32 Å². The summed E-state index contributed by atoms with van der Waals surface area (Å²) in [6, 6.07) is 19.3. The van der Waals surface area contributed by atoms with Gasteiger partial charge in [-0.1, -0.05) is 36.4 Å². The highest BCUT2D eigenvalue weighted by Crippen LogP contribution is 2.55. The topological polar surface area (TPSA) is 36.7 Å². The van der Waals surface area contributed by atoms with Gasteiger partial charge in [-0.2, -0.15) is 0 Å². The second-order valence-corrected chi connectivity index (χ2v) is 10.4. The molecule has 1 fully saturated rings. The third kappa shape index (κ3) is 3.32. The molecule has 6 rings (SSSR count). The minimum absolute atomic E-state index is 0.0272. The zero-order chi connectivity index (χ0) is 24.2. The van der Waals surface area contributed by atoms with E-state index in [2.05, 4.69) is 48.2 Å². The van der Waals surface area contributed by atoms with Crippen LogP contribution < -0.4 is 0 Å². The summed E-state index contributed by atoms with van der Waals surface area (Å²) in [6.07, 6.45) is 6.69. The van der Waals surface area contributed by atoms with Crippen LogP contribution in [0.3, 0.4) is 0 Å². The SMILES string of the molecule is CN(C)C1(c2cccc(F)c2)CCC2(CC1)C1=C(CCN2C(=O)c2ccco2)c2ccccc2C1. The smallest absolute Gasteiger partial charge is 0.290 e. The number of carbonyl (C=O) groups excluding carboxylic acids is 1. The van der Waals surface area contributed by atoms with Gasteiger partial charge in [-0.25, -0.2) is 4.39 Å². The van der Waals surface area contributed by atoms with Crippen molar-refractivity contribution in [3.63, 3.8) is 0 Å². The Kier molecular flexibility index (Phi) is 5.22. The monoisotopic (exact) mass is 470 g/mol. The van der Waals surface area contributed by atoms with Crippen LogP contribution in [0.1, 0.15) is 59.3 Å². The lowest BCUT2D eigenvalue weighted by Crippen LogP contribution is -2.60. The Balaban J connectivity index is 1.43. The number of halogens is 1. The van der Waals surface area contributed by atoms with E-state index in [9.17, 15) is 9.18 Å². The van der Waals surface area contributed by atoms with E-state index >= 15 is 0 Å². The van der Waals surface area contributed by atoms with Crippen LogP contribution >= 0.6 is 0 Å². The van der Waals surface area contributed by atoms with Gasteiger partial charge in [-0.3, -0.25) is 9.69 Å². The molecular weight excluding hydrogens is 439 g/mol. The minimum atomic E-state index is -0.358. The molecule has 2 aromatic carbocycles. The predicted molar refractivity (Wildman–Crippen MR) is 134 cm³/mol. The summed E-state index contributed by atoms with van der Waals surface area (Å²) >= 11 is 0. The van der Waals surface area contributed by atoms with E-state index in [0.29, 0.717) is 12.3 Å². The van der Waals surface area contributed by atoms with Gasteiger partial charge in [0.25, 0.3) is 5.91 Å².